The maximum Gasteiger partial charge on any atom is 0.126 e. The van der Waals surface area contributed by atoms with Gasteiger partial charge in [-0.05, 0) is 42.3 Å². The monoisotopic (exact) mass is 388 g/mol. The molecule has 2 aromatic carbocycles. The lowest BCUT2D eigenvalue weighted by Crippen LogP contribution is -2.25. The Labute approximate surface area is 172 Å². The van der Waals surface area contributed by atoms with E-state index in [0.29, 0.717) is 6.61 Å². The number of rotatable bonds is 4. The van der Waals surface area contributed by atoms with Crippen molar-refractivity contribution in [1.82, 2.24) is 4.98 Å². The number of aromatic hydroxyl groups is 1. The Kier molecular flexibility index (Phi) is 5.83. The Morgan fingerprint density at radius 1 is 1.17 bits per heavy atom. The number of benzene rings is 2. The number of nitrogens with two attached hydrogens (primary N) is 1. The van der Waals surface area contributed by atoms with Crippen LogP contribution in [0, 0.1) is 0 Å². The number of nitrogen functional groups attached to an aromatic ring is 1. The van der Waals surface area contributed by atoms with Crippen molar-refractivity contribution in [1.29, 1.82) is 0 Å². The Morgan fingerprint density at radius 2 is 1.93 bits per heavy atom. The molecule has 2 atom stereocenters. The van der Waals surface area contributed by atoms with Crippen LogP contribution in [0.5, 0.6) is 11.5 Å². The normalized spacial score (nSPS) is 18.0. The maximum absolute atomic E-state index is 9.89. The van der Waals surface area contributed by atoms with E-state index in [2.05, 4.69) is 36.0 Å². The number of phenolic OH excluding ortho intramolecular Hbond substituents is 1. The minimum Gasteiger partial charge on any atom is -0.508 e. The molecule has 4 heteroatoms. The maximum atomic E-state index is 9.89. The van der Waals surface area contributed by atoms with E-state index in [1.807, 2.05) is 37.3 Å². The molecule has 0 fully saturated rings. The highest BCUT2D eigenvalue weighted by atomic mass is 16.5. The second kappa shape index (κ2) is 8.31. The van der Waals surface area contributed by atoms with Gasteiger partial charge in [0.25, 0.3) is 0 Å². The minimum atomic E-state index is 0. The number of phenols is 1. The zero-order valence-corrected chi connectivity index (χ0v) is 15.9. The third kappa shape index (κ3) is 3.66. The van der Waals surface area contributed by atoms with Gasteiger partial charge in [-0.25, -0.2) is 0 Å². The van der Waals surface area contributed by atoms with Gasteiger partial charge in [-0.15, -0.1) is 0 Å². The van der Waals surface area contributed by atoms with Crippen LogP contribution >= 0.6 is 0 Å². The van der Waals surface area contributed by atoms with Gasteiger partial charge in [0.05, 0.1) is 6.61 Å². The molecule has 0 aliphatic carbocycles. The number of allylic oxidation sites excluding steroid dienone is 1. The molecule has 3 aromatic rings. The van der Waals surface area contributed by atoms with E-state index in [1.54, 1.807) is 12.1 Å². The van der Waals surface area contributed by atoms with Crippen LogP contribution in [0.1, 0.15) is 54.1 Å². The number of hydrogen-bond donors (Lipinski definition) is 3. The highest BCUT2D eigenvalue weighted by Gasteiger charge is 2.35. The number of aromatic nitrogens is 1. The van der Waals surface area contributed by atoms with Gasteiger partial charge >= 0.3 is 0 Å². The first-order valence-electron chi connectivity index (χ1n) is 9.40. The van der Waals surface area contributed by atoms with Crippen molar-refractivity contribution in [2.75, 3.05) is 12.3 Å². The van der Waals surface area contributed by atoms with Gasteiger partial charge in [-0.3, -0.25) is 0 Å². The SMILES string of the molecule is C.C=Cc1c(C2COc3cc(O)ccc3C2c2ccc(N)cc2)c[nH]c1/C=C\C. The van der Waals surface area contributed by atoms with Gasteiger partial charge in [0, 0.05) is 46.6 Å². The standard InChI is InChI=1S/C24H24N2O2.CH4/c1-3-5-22-18(4-2)20(13-26-22)21-14-28-23-12-17(27)10-11-19(23)24(21)15-6-8-16(25)9-7-15;/h3-13,21,24,26-27H,2,14,25H2,1H3;1H4/b5-3-;. The fourth-order valence-corrected chi connectivity index (χ4v) is 4.09. The van der Waals surface area contributed by atoms with Gasteiger partial charge in [0.2, 0.25) is 0 Å². The summed E-state index contributed by atoms with van der Waals surface area (Å²) in [6.07, 6.45) is 8.01. The lowest BCUT2D eigenvalue weighted by Gasteiger charge is -2.34. The molecular formula is C25H28N2O2. The predicted molar refractivity (Wildman–Crippen MR) is 121 cm³/mol. The van der Waals surface area contributed by atoms with E-state index in [-0.39, 0.29) is 25.0 Å². The first-order valence-corrected chi connectivity index (χ1v) is 9.40. The number of H-pyrrole nitrogens is 1. The van der Waals surface area contributed by atoms with E-state index in [1.165, 1.54) is 11.1 Å². The molecule has 2 unspecified atom stereocenters. The minimum absolute atomic E-state index is 0. The fraction of sp³-hybridized carbons (Fsp3) is 0.200. The van der Waals surface area contributed by atoms with Crippen LogP contribution in [0.15, 0.2) is 61.3 Å². The van der Waals surface area contributed by atoms with Gasteiger partial charge in [0.1, 0.15) is 11.5 Å². The van der Waals surface area contributed by atoms with E-state index in [4.69, 9.17) is 10.5 Å². The Bertz CT molecular complexity index is 1030. The first kappa shape index (κ1) is 20.3. The lowest BCUT2D eigenvalue weighted by atomic mass is 9.75. The summed E-state index contributed by atoms with van der Waals surface area (Å²) in [5.41, 5.74) is 12.2. The average Bonchev–Trinajstić information content (AvgIpc) is 3.10. The molecule has 4 N–H and O–H groups in total. The molecule has 1 aliphatic rings. The molecule has 4 rings (SSSR count). The van der Waals surface area contributed by atoms with Crippen LogP contribution < -0.4 is 10.5 Å². The largest absolute Gasteiger partial charge is 0.508 e. The molecule has 150 valence electrons. The summed E-state index contributed by atoms with van der Waals surface area (Å²) in [7, 11) is 0. The smallest absolute Gasteiger partial charge is 0.126 e. The Morgan fingerprint density at radius 3 is 2.62 bits per heavy atom. The number of anilines is 1. The fourth-order valence-electron chi connectivity index (χ4n) is 4.09. The molecule has 0 amide bonds. The van der Waals surface area contributed by atoms with Crippen molar-refractivity contribution in [2.45, 2.75) is 26.2 Å². The predicted octanol–water partition coefficient (Wildman–Crippen LogP) is 5.92. The number of nitrogens with one attached hydrogen (secondary N) is 1. The van der Waals surface area contributed by atoms with E-state index in [9.17, 15) is 5.11 Å². The molecular weight excluding hydrogens is 360 g/mol. The Balaban J connectivity index is 0.00000240. The Hall–Kier alpha value is -3.40. The van der Waals surface area contributed by atoms with E-state index >= 15 is 0 Å². The number of aromatic amines is 1. The van der Waals surface area contributed by atoms with Crippen molar-refractivity contribution in [2.24, 2.45) is 0 Å². The highest BCUT2D eigenvalue weighted by Crippen LogP contribution is 2.48. The summed E-state index contributed by atoms with van der Waals surface area (Å²) >= 11 is 0. The summed E-state index contributed by atoms with van der Waals surface area (Å²) in [5, 5.41) is 9.89. The van der Waals surface area contributed by atoms with E-state index in [0.717, 1.165) is 28.3 Å². The molecule has 0 bridgehead atoms. The van der Waals surface area contributed by atoms with E-state index < -0.39 is 0 Å². The van der Waals surface area contributed by atoms with Crippen molar-refractivity contribution in [3.05, 3.63) is 89.3 Å². The third-order valence-electron chi connectivity index (χ3n) is 5.37. The second-order valence-corrected chi connectivity index (χ2v) is 7.06. The molecule has 29 heavy (non-hydrogen) atoms. The molecule has 0 spiro atoms. The number of hydrogen-bond acceptors (Lipinski definition) is 3. The summed E-state index contributed by atoms with van der Waals surface area (Å²) < 4.78 is 6.06. The second-order valence-electron chi connectivity index (χ2n) is 7.06. The highest BCUT2D eigenvalue weighted by molar-refractivity contribution is 5.67. The zero-order valence-electron chi connectivity index (χ0n) is 15.9. The van der Waals surface area contributed by atoms with Crippen LogP contribution in [-0.4, -0.2) is 16.7 Å². The third-order valence-corrected chi connectivity index (χ3v) is 5.37. The van der Waals surface area contributed by atoms with Gasteiger partial charge in [0.15, 0.2) is 0 Å². The molecule has 0 radical (unpaired) electrons. The quantitative estimate of drug-likeness (QED) is 0.486. The molecule has 1 aromatic heterocycles. The van der Waals surface area contributed by atoms with Crippen LogP contribution in [-0.2, 0) is 0 Å². The number of ether oxygens (including phenoxy) is 1. The zero-order chi connectivity index (χ0) is 19.7. The van der Waals surface area contributed by atoms with Gasteiger partial charge < -0.3 is 20.6 Å². The molecule has 4 nitrogen and oxygen atoms in total. The van der Waals surface area contributed by atoms with Crippen molar-refractivity contribution >= 4 is 17.8 Å². The topological polar surface area (TPSA) is 71.3 Å². The summed E-state index contributed by atoms with van der Waals surface area (Å²) in [6, 6.07) is 13.4. The molecule has 2 heterocycles. The average molecular weight is 389 g/mol. The van der Waals surface area contributed by atoms with Crippen LogP contribution in [0.2, 0.25) is 0 Å². The first-order chi connectivity index (χ1) is 13.6. The van der Waals surface area contributed by atoms with Crippen molar-refractivity contribution < 1.29 is 9.84 Å². The van der Waals surface area contributed by atoms with Crippen LogP contribution in [0.25, 0.3) is 12.2 Å². The lowest BCUT2D eigenvalue weighted by molar-refractivity contribution is 0.247. The molecule has 0 saturated heterocycles. The molecule has 0 saturated carbocycles. The number of fused-ring (bicyclic) bond motifs is 1. The van der Waals surface area contributed by atoms with Gasteiger partial charge in [-0.2, -0.15) is 0 Å². The van der Waals surface area contributed by atoms with Crippen molar-refractivity contribution in [3.63, 3.8) is 0 Å². The summed E-state index contributed by atoms with van der Waals surface area (Å²) in [5.74, 6) is 1.11. The van der Waals surface area contributed by atoms with Gasteiger partial charge in [-0.1, -0.05) is 44.4 Å². The van der Waals surface area contributed by atoms with Crippen LogP contribution in [0.4, 0.5) is 5.69 Å². The molecule has 1 aliphatic heterocycles. The summed E-state index contributed by atoms with van der Waals surface area (Å²) in [6.45, 7) is 6.53. The van der Waals surface area contributed by atoms with Crippen LogP contribution in [0.3, 0.4) is 0 Å². The van der Waals surface area contributed by atoms with Crippen molar-refractivity contribution in [3.8, 4) is 11.5 Å². The summed E-state index contributed by atoms with van der Waals surface area (Å²) in [4.78, 5) is 3.36.